The number of nitrogens with zero attached hydrogens (tertiary/aromatic N) is 2. The van der Waals surface area contributed by atoms with E-state index in [1.54, 1.807) is 6.20 Å². The minimum Gasteiger partial charge on any atom is -0.436 e. The number of rotatable bonds is 11. The van der Waals surface area contributed by atoms with Gasteiger partial charge in [0, 0.05) is 5.92 Å². The largest absolute Gasteiger partial charge is 0.436 e. The summed E-state index contributed by atoms with van der Waals surface area (Å²) >= 11 is 0. The lowest BCUT2D eigenvalue weighted by Gasteiger charge is -2.39. The summed E-state index contributed by atoms with van der Waals surface area (Å²) in [7, 11) is 4.33. The number of benzene rings is 2. The van der Waals surface area contributed by atoms with E-state index in [0.29, 0.717) is 19.0 Å². The van der Waals surface area contributed by atoms with Crippen LogP contribution in [0.1, 0.15) is 42.0 Å². The van der Waals surface area contributed by atoms with Crippen LogP contribution in [-0.2, 0) is 23.3 Å². The molecule has 170 valence electrons. The summed E-state index contributed by atoms with van der Waals surface area (Å²) in [5.74, 6) is 1.36. The first-order valence-corrected chi connectivity index (χ1v) is 11.6. The Morgan fingerprint density at radius 1 is 1.03 bits per heavy atom. The average molecular weight is 436 g/mol. The highest BCUT2D eigenvalue weighted by Crippen LogP contribution is 2.46. The van der Waals surface area contributed by atoms with E-state index in [0.717, 1.165) is 54.6 Å². The third kappa shape index (κ3) is 5.29. The fourth-order valence-electron chi connectivity index (χ4n) is 4.36. The van der Waals surface area contributed by atoms with Crippen molar-refractivity contribution < 1.29 is 18.7 Å². The van der Waals surface area contributed by atoms with Gasteiger partial charge in [-0.25, -0.2) is 4.98 Å². The van der Waals surface area contributed by atoms with Crippen LogP contribution in [0, 0.1) is 5.92 Å². The zero-order valence-electron chi connectivity index (χ0n) is 19.2. The molecule has 0 radical (unpaired) electrons. The number of hydrogen-bond acceptors (Lipinski definition) is 4. The standard InChI is InChI=1S/C27H35N2O3/c1-29(2,17-19-31-18-16-22-10-5-3-6-11-22)21-25-20-28-26(32-25)27(30,24-14-9-15-24)23-12-7-4-8-13-23/h3-8,10-13,20,24,30H,9,14-19,21H2,1-2H3/q+1/t27-/m0/s1. The number of hydrogen-bond donors (Lipinski definition) is 1. The van der Waals surface area contributed by atoms with E-state index in [1.165, 1.54) is 5.56 Å². The van der Waals surface area contributed by atoms with E-state index in [2.05, 4.69) is 43.3 Å². The predicted molar refractivity (Wildman–Crippen MR) is 125 cm³/mol. The maximum absolute atomic E-state index is 11.7. The maximum atomic E-state index is 11.7. The monoisotopic (exact) mass is 435 g/mol. The lowest BCUT2D eigenvalue weighted by molar-refractivity contribution is -0.904. The Morgan fingerprint density at radius 3 is 2.38 bits per heavy atom. The van der Waals surface area contributed by atoms with E-state index in [4.69, 9.17) is 9.15 Å². The van der Waals surface area contributed by atoms with Crippen molar-refractivity contribution in [2.75, 3.05) is 33.9 Å². The average Bonchev–Trinajstić information content (AvgIpc) is 3.22. The van der Waals surface area contributed by atoms with E-state index >= 15 is 0 Å². The molecule has 1 aliphatic carbocycles. The van der Waals surface area contributed by atoms with E-state index in [9.17, 15) is 5.11 Å². The molecule has 5 heteroatoms. The van der Waals surface area contributed by atoms with Crippen molar-refractivity contribution in [2.45, 2.75) is 37.8 Å². The SMILES string of the molecule is C[N+](C)(CCOCCc1ccccc1)Cc1cnc([C@](O)(c2ccccc2)C2CCC2)o1. The van der Waals surface area contributed by atoms with Crippen LogP contribution in [0.5, 0.6) is 0 Å². The van der Waals surface area contributed by atoms with Gasteiger partial charge in [0.05, 0.1) is 33.5 Å². The molecule has 1 N–H and O–H groups in total. The topological polar surface area (TPSA) is 55.5 Å². The molecule has 0 amide bonds. The Balaban J connectivity index is 1.34. The smallest absolute Gasteiger partial charge is 0.231 e. The summed E-state index contributed by atoms with van der Waals surface area (Å²) in [4.78, 5) is 4.54. The van der Waals surface area contributed by atoms with Crippen molar-refractivity contribution in [3.05, 3.63) is 89.6 Å². The molecule has 4 rings (SSSR count). The van der Waals surface area contributed by atoms with Crippen molar-refractivity contribution in [3.63, 3.8) is 0 Å². The van der Waals surface area contributed by atoms with Crippen molar-refractivity contribution in [3.8, 4) is 0 Å². The molecule has 5 nitrogen and oxygen atoms in total. The molecule has 1 saturated carbocycles. The Labute approximate surface area is 191 Å². The van der Waals surface area contributed by atoms with Gasteiger partial charge in [-0.15, -0.1) is 0 Å². The Kier molecular flexibility index (Phi) is 7.09. The fourth-order valence-corrected chi connectivity index (χ4v) is 4.36. The van der Waals surface area contributed by atoms with Crippen LogP contribution in [-0.4, -0.2) is 48.4 Å². The zero-order chi connectivity index (χ0) is 22.4. The zero-order valence-corrected chi connectivity index (χ0v) is 19.2. The van der Waals surface area contributed by atoms with E-state index < -0.39 is 5.60 Å². The van der Waals surface area contributed by atoms with Gasteiger partial charge in [-0.05, 0) is 30.4 Å². The van der Waals surface area contributed by atoms with Gasteiger partial charge in [0.15, 0.2) is 11.4 Å². The van der Waals surface area contributed by atoms with Crippen LogP contribution in [0.2, 0.25) is 0 Å². The first kappa shape index (κ1) is 22.7. The lowest BCUT2D eigenvalue weighted by Crippen LogP contribution is -2.41. The van der Waals surface area contributed by atoms with Crippen molar-refractivity contribution in [2.24, 2.45) is 5.92 Å². The number of ether oxygens (including phenoxy) is 1. The minimum atomic E-state index is -1.16. The number of quaternary nitrogens is 1. The maximum Gasteiger partial charge on any atom is 0.231 e. The van der Waals surface area contributed by atoms with Gasteiger partial charge in [0.25, 0.3) is 0 Å². The molecule has 0 aliphatic heterocycles. The number of likely N-dealkylation sites (N-methyl/N-ethyl adjacent to an activating group) is 1. The van der Waals surface area contributed by atoms with Crippen LogP contribution >= 0.6 is 0 Å². The van der Waals surface area contributed by atoms with Crippen LogP contribution in [0.15, 0.2) is 71.3 Å². The summed E-state index contributed by atoms with van der Waals surface area (Å²) in [6.45, 7) is 2.99. The van der Waals surface area contributed by atoms with Crippen molar-refractivity contribution >= 4 is 0 Å². The molecule has 1 atom stereocenters. The lowest BCUT2D eigenvalue weighted by atomic mass is 9.69. The van der Waals surface area contributed by atoms with Gasteiger partial charge in [-0.2, -0.15) is 0 Å². The summed E-state index contributed by atoms with van der Waals surface area (Å²) in [5.41, 5.74) is 1.00. The Hall–Kier alpha value is -2.47. The molecular weight excluding hydrogens is 400 g/mol. The normalized spacial score (nSPS) is 16.5. The quantitative estimate of drug-likeness (QED) is 0.355. The fraction of sp³-hybridized carbons (Fsp3) is 0.444. The van der Waals surface area contributed by atoms with Crippen molar-refractivity contribution in [1.29, 1.82) is 0 Å². The molecular formula is C27H35N2O3+. The number of aliphatic hydroxyl groups is 1. The van der Waals surface area contributed by atoms with Crippen molar-refractivity contribution in [1.82, 2.24) is 4.98 Å². The highest BCUT2D eigenvalue weighted by Gasteiger charge is 2.47. The van der Waals surface area contributed by atoms with Crippen LogP contribution in [0.4, 0.5) is 0 Å². The van der Waals surface area contributed by atoms with Gasteiger partial charge in [0.2, 0.25) is 5.89 Å². The van der Waals surface area contributed by atoms with Gasteiger partial charge < -0.3 is 18.7 Å². The summed E-state index contributed by atoms with van der Waals surface area (Å²) in [6.07, 6.45) is 5.83. The van der Waals surface area contributed by atoms with Gasteiger partial charge >= 0.3 is 0 Å². The van der Waals surface area contributed by atoms with Gasteiger partial charge in [-0.1, -0.05) is 67.1 Å². The summed E-state index contributed by atoms with van der Waals surface area (Å²) < 4.78 is 12.8. The van der Waals surface area contributed by atoms with E-state index in [-0.39, 0.29) is 5.92 Å². The van der Waals surface area contributed by atoms with Gasteiger partial charge in [-0.3, -0.25) is 0 Å². The molecule has 3 aromatic rings. The molecule has 2 aromatic carbocycles. The molecule has 1 heterocycles. The first-order chi connectivity index (χ1) is 15.5. The Morgan fingerprint density at radius 2 is 1.72 bits per heavy atom. The van der Waals surface area contributed by atoms with Crippen LogP contribution in [0.25, 0.3) is 0 Å². The Bertz CT molecular complexity index is 967. The first-order valence-electron chi connectivity index (χ1n) is 11.6. The van der Waals surface area contributed by atoms with Gasteiger partial charge in [0.1, 0.15) is 13.1 Å². The molecule has 0 bridgehead atoms. The molecule has 0 saturated heterocycles. The molecule has 0 unspecified atom stereocenters. The molecule has 1 fully saturated rings. The third-order valence-corrected chi connectivity index (χ3v) is 6.59. The molecule has 1 aliphatic rings. The minimum absolute atomic E-state index is 0.150. The molecule has 1 aromatic heterocycles. The van der Waals surface area contributed by atoms with Crippen LogP contribution in [0.3, 0.4) is 0 Å². The third-order valence-electron chi connectivity index (χ3n) is 6.59. The number of oxazole rings is 1. The molecule has 32 heavy (non-hydrogen) atoms. The second kappa shape index (κ2) is 9.99. The summed E-state index contributed by atoms with van der Waals surface area (Å²) in [5, 5.41) is 11.7. The second-order valence-electron chi connectivity index (χ2n) is 9.56. The highest BCUT2D eigenvalue weighted by atomic mass is 16.5. The van der Waals surface area contributed by atoms with E-state index in [1.807, 2.05) is 36.4 Å². The molecule has 0 spiro atoms. The number of aromatic nitrogens is 1. The summed E-state index contributed by atoms with van der Waals surface area (Å²) in [6, 6.07) is 20.2. The predicted octanol–water partition coefficient (Wildman–Crippen LogP) is 4.55. The highest BCUT2D eigenvalue weighted by molar-refractivity contribution is 5.30. The van der Waals surface area contributed by atoms with Crippen LogP contribution < -0.4 is 0 Å². The second-order valence-corrected chi connectivity index (χ2v) is 9.56.